The highest BCUT2D eigenvalue weighted by atomic mass is 14.9. The van der Waals surface area contributed by atoms with Crippen molar-refractivity contribution in [3.63, 3.8) is 0 Å². The summed E-state index contributed by atoms with van der Waals surface area (Å²) >= 11 is 0. The zero-order chi connectivity index (χ0) is 15.8. The Balaban J connectivity index is 3.17. The quantitative estimate of drug-likeness (QED) is 0.252. The Morgan fingerprint density at radius 2 is 1.38 bits per heavy atom. The van der Waals surface area contributed by atoms with Gasteiger partial charge in [0, 0.05) is 12.2 Å². The standard InChI is InChI=1S/C20H37N/c1-5-6-7-10-14-17-20(4)21-18-15-12-9-8-11-13-16-19(2)3/h5,21H,1-2,4,6-18H2,3H3. The Morgan fingerprint density at radius 3 is 2.05 bits per heavy atom. The fourth-order valence-corrected chi connectivity index (χ4v) is 2.42. The molecule has 0 saturated carbocycles. The second-order valence-corrected chi connectivity index (χ2v) is 6.25. The van der Waals surface area contributed by atoms with Crippen LogP contribution in [0.1, 0.15) is 84.0 Å². The smallest absolute Gasteiger partial charge is 0.0143 e. The van der Waals surface area contributed by atoms with Crippen molar-refractivity contribution >= 4 is 0 Å². The van der Waals surface area contributed by atoms with Gasteiger partial charge in [0.2, 0.25) is 0 Å². The average Bonchev–Trinajstić information content (AvgIpc) is 2.45. The number of rotatable bonds is 16. The van der Waals surface area contributed by atoms with Gasteiger partial charge in [-0.25, -0.2) is 0 Å². The lowest BCUT2D eigenvalue weighted by Gasteiger charge is -2.09. The van der Waals surface area contributed by atoms with Crippen molar-refractivity contribution in [2.24, 2.45) is 0 Å². The predicted octanol–water partition coefficient (Wildman–Crippen LogP) is 6.53. The van der Waals surface area contributed by atoms with E-state index in [1.165, 1.54) is 75.5 Å². The first kappa shape index (κ1) is 20.0. The Hall–Kier alpha value is -0.980. The van der Waals surface area contributed by atoms with Crippen molar-refractivity contribution < 1.29 is 0 Å². The van der Waals surface area contributed by atoms with Crippen molar-refractivity contribution in [2.45, 2.75) is 84.0 Å². The highest BCUT2D eigenvalue weighted by Crippen LogP contribution is 2.10. The fraction of sp³-hybridized carbons (Fsp3) is 0.700. The van der Waals surface area contributed by atoms with E-state index in [0.29, 0.717) is 0 Å². The number of hydrogen-bond acceptors (Lipinski definition) is 1. The summed E-state index contributed by atoms with van der Waals surface area (Å²) in [6.45, 7) is 15.0. The summed E-state index contributed by atoms with van der Waals surface area (Å²) in [5, 5.41) is 3.46. The average molecular weight is 292 g/mol. The van der Waals surface area contributed by atoms with E-state index in [2.05, 4.69) is 32.0 Å². The predicted molar refractivity (Wildman–Crippen MR) is 97.6 cm³/mol. The van der Waals surface area contributed by atoms with Gasteiger partial charge in [0.1, 0.15) is 0 Å². The van der Waals surface area contributed by atoms with E-state index in [-0.39, 0.29) is 0 Å². The zero-order valence-electron chi connectivity index (χ0n) is 14.4. The van der Waals surface area contributed by atoms with Crippen molar-refractivity contribution in [3.05, 3.63) is 37.1 Å². The molecular formula is C20H37N. The second-order valence-electron chi connectivity index (χ2n) is 6.25. The molecule has 0 radical (unpaired) electrons. The maximum atomic E-state index is 4.11. The molecule has 0 bridgehead atoms. The fourth-order valence-electron chi connectivity index (χ4n) is 2.42. The van der Waals surface area contributed by atoms with Gasteiger partial charge in [0.05, 0.1) is 0 Å². The van der Waals surface area contributed by atoms with E-state index in [9.17, 15) is 0 Å². The van der Waals surface area contributed by atoms with Gasteiger partial charge in [-0.2, -0.15) is 0 Å². The molecule has 21 heavy (non-hydrogen) atoms. The summed E-state index contributed by atoms with van der Waals surface area (Å²) < 4.78 is 0. The molecule has 0 atom stereocenters. The molecule has 0 unspecified atom stereocenters. The van der Waals surface area contributed by atoms with Crippen LogP contribution in [0.5, 0.6) is 0 Å². The van der Waals surface area contributed by atoms with E-state index >= 15 is 0 Å². The number of nitrogens with one attached hydrogen (secondary N) is 1. The summed E-state index contributed by atoms with van der Waals surface area (Å²) in [6, 6.07) is 0. The Morgan fingerprint density at radius 1 is 0.810 bits per heavy atom. The molecule has 0 spiro atoms. The lowest BCUT2D eigenvalue weighted by atomic mass is 10.1. The highest BCUT2D eigenvalue weighted by molar-refractivity contribution is 4.90. The summed E-state index contributed by atoms with van der Waals surface area (Å²) in [5.41, 5.74) is 2.54. The minimum absolute atomic E-state index is 1.09. The van der Waals surface area contributed by atoms with Gasteiger partial charge in [0.15, 0.2) is 0 Å². The van der Waals surface area contributed by atoms with E-state index in [4.69, 9.17) is 0 Å². The minimum Gasteiger partial charge on any atom is -0.389 e. The van der Waals surface area contributed by atoms with Gasteiger partial charge in [-0.15, -0.1) is 13.2 Å². The van der Waals surface area contributed by atoms with Crippen molar-refractivity contribution in [1.82, 2.24) is 5.32 Å². The van der Waals surface area contributed by atoms with Gasteiger partial charge in [0.25, 0.3) is 0 Å². The molecular weight excluding hydrogens is 254 g/mol. The Labute approximate surface area is 133 Å². The molecule has 1 heteroatoms. The van der Waals surface area contributed by atoms with Crippen LogP contribution in [0.3, 0.4) is 0 Å². The molecule has 1 N–H and O–H groups in total. The molecule has 0 aliphatic heterocycles. The van der Waals surface area contributed by atoms with Crippen LogP contribution < -0.4 is 5.32 Å². The summed E-state index contributed by atoms with van der Waals surface area (Å²) in [4.78, 5) is 0. The largest absolute Gasteiger partial charge is 0.389 e. The topological polar surface area (TPSA) is 12.0 Å². The lowest BCUT2D eigenvalue weighted by Crippen LogP contribution is -2.13. The normalized spacial score (nSPS) is 10.3. The Kier molecular flexibility index (Phi) is 14.7. The number of hydrogen-bond donors (Lipinski definition) is 1. The summed E-state index contributed by atoms with van der Waals surface area (Å²) in [7, 11) is 0. The van der Waals surface area contributed by atoms with E-state index in [0.717, 1.165) is 19.4 Å². The Bertz CT molecular complexity index is 278. The molecule has 0 saturated heterocycles. The molecule has 122 valence electrons. The van der Waals surface area contributed by atoms with Crippen LogP contribution in [0.25, 0.3) is 0 Å². The first-order valence-corrected chi connectivity index (χ1v) is 8.83. The molecule has 0 amide bonds. The minimum atomic E-state index is 1.09. The van der Waals surface area contributed by atoms with Gasteiger partial charge in [-0.05, 0) is 51.9 Å². The second kappa shape index (κ2) is 15.4. The van der Waals surface area contributed by atoms with E-state index in [1.807, 2.05) is 6.08 Å². The first-order valence-electron chi connectivity index (χ1n) is 8.83. The molecule has 0 aromatic heterocycles. The van der Waals surface area contributed by atoms with Crippen LogP contribution in [-0.2, 0) is 0 Å². The monoisotopic (exact) mass is 291 g/mol. The van der Waals surface area contributed by atoms with Gasteiger partial charge in [-0.3, -0.25) is 0 Å². The molecule has 0 rings (SSSR count). The van der Waals surface area contributed by atoms with Crippen LogP contribution in [0, 0.1) is 0 Å². The van der Waals surface area contributed by atoms with Crippen molar-refractivity contribution in [3.8, 4) is 0 Å². The van der Waals surface area contributed by atoms with Gasteiger partial charge < -0.3 is 5.32 Å². The van der Waals surface area contributed by atoms with Gasteiger partial charge >= 0.3 is 0 Å². The van der Waals surface area contributed by atoms with Crippen LogP contribution in [-0.4, -0.2) is 6.54 Å². The summed E-state index contributed by atoms with van der Waals surface area (Å²) in [5.74, 6) is 0. The zero-order valence-corrected chi connectivity index (χ0v) is 14.4. The third kappa shape index (κ3) is 17.0. The summed E-state index contributed by atoms with van der Waals surface area (Å²) in [6.07, 6.45) is 17.3. The van der Waals surface area contributed by atoms with Crippen molar-refractivity contribution in [1.29, 1.82) is 0 Å². The highest BCUT2D eigenvalue weighted by Gasteiger charge is 1.95. The van der Waals surface area contributed by atoms with E-state index < -0.39 is 0 Å². The van der Waals surface area contributed by atoms with Gasteiger partial charge in [-0.1, -0.05) is 50.3 Å². The third-order valence-corrected chi connectivity index (χ3v) is 3.79. The van der Waals surface area contributed by atoms with E-state index in [1.54, 1.807) is 0 Å². The number of allylic oxidation sites excluding steroid dienone is 3. The molecule has 0 heterocycles. The maximum Gasteiger partial charge on any atom is 0.0143 e. The number of unbranched alkanes of at least 4 members (excludes halogenated alkanes) is 8. The SMILES string of the molecule is C=CCCCCCC(=C)NCCCCCCCCC(=C)C. The molecule has 0 aromatic rings. The van der Waals surface area contributed by atoms with Crippen LogP contribution in [0.4, 0.5) is 0 Å². The molecule has 0 aliphatic rings. The lowest BCUT2D eigenvalue weighted by molar-refractivity contribution is 0.574. The van der Waals surface area contributed by atoms with Crippen LogP contribution >= 0.6 is 0 Å². The van der Waals surface area contributed by atoms with Crippen molar-refractivity contribution in [2.75, 3.05) is 6.54 Å². The molecule has 0 fully saturated rings. The molecule has 0 aliphatic carbocycles. The maximum absolute atomic E-state index is 4.11. The molecule has 1 nitrogen and oxygen atoms in total. The first-order chi connectivity index (χ1) is 10.2. The molecule has 0 aromatic carbocycles. The van der Waals surface area contributed by atoms with Crippen LogP contribution in [0.2, 0.25) is 0 Å². The third-order valence-electron chi connectivity index (χ3n) is 3.79. The van der Waals surface area contributed by atoms with Crippen LogP contribution in [0.15, 0.2) is 37.1 Å².